The summed E-state index contributed by atoms with van der Waals surface area (Å²) in [6.07, 6.45) is 3.54. The monoisotopic (exact) mass is 232 g/mol. The average molecular weight is 232 g/mol. The molecule has 1 heterocycles. The van der Waals surface area contributed by atoms with Gasteiger partial charge < -0.3 is 10.6 Å². The van der Waals surface area contributed by atoms with Crippen molar-refractivity contribution in [3.63, 3.8) is 0 Å². The second kappa shape index (κ2) is 5.54. The largest absolute Gasteiger partial charge is 0.368 e. The van der Waals surface area contributed by atoms with Crippen LogP contribution in [0, 0.1) is 0 Å². The van der Waals surface area contributed by atoms with E-state index in [1.54, 1.807) is 0 Å². The molecule has 2 nitrogen and oxygen atoms in total. The number of rotatable bonds is 4. The summed E-state index contributed by atoms with van der Waals surface area (Å²) in [6, 6.07) is 9.46. The molecule has 1 aromatic rings. The molecule has 0 saturated heterocycles. The zero-order valence-electron chi connectivity index (χ0n) is 11.0. The molecule has 0 aromatic heterocycles. The van der Waals surface area contributed by atoms with E-state index < -0.39 is 0 Å². The van der Waals surface area contributed by atoms with E-state index in [1.807, 2.05) is 0 Å². The summed E-state index contributed by atoms with van der Waals surface area (Å²) in [5.74, 6) is 0.692. The Balaban J connectivity index is 2.28. The van der Waals surface area contributed by atoms with E-state index in [-0.39, 0.29) is 0 Å². The third-order valence-corrected chi connectivity index (χ3v) is 3.99. The molecule has 2 N–H and O–H groups in total. The smallest absolute Gasteiger partial charge is 0.0404 e. The van der Waals surface area contributed by atoms with Crippen LogP contribution in [0.4, 0.5) is 5.69 Å². The predicted molar refractivity (Wildman–Crippen MR) is 74.6 cm³/mol. The van der Waals surface area contributed by atoms with Crippen LogP contribution in [0.5, 0.6) is 0 Å². The maximum atomic E-state index is 5.73. The van der Waals surface area contributed by atoms with Crippen molar-refractivity contribution in [3.05, 3.63) is 29.8 Å². The van der Waals surface area contributed by atoms with Gasteiger partial charge in [-0.3, -0.25) is 0 Å². The molecule has 0 fully saturated rings. The lowest BCUT2D eigenvalue weighted by molar-refractivity contribution is 0.499. The predicted octanol–water partition coefficient (Wildman–Crippen LogP) is 3.13. The molecule has 0 saturated carbocycles. The number of fused-ring (bicyclic) bond motifs is 1. The quantitative estimate of drug-likeness (QED) is 0.864. The van der Waals surface area contributed by atoms with Gasteiger partial charge in [0, 0.05) is 18.3 Å². The fourth-order valence-corrected chi connectivity index (χ4v) is 2.93. The Hall–Kier alpha value is -1.02. The van der Waals surface area contributed by atoms with Gasteiger partial charge in [0.1, 0.15) is 0 Å². The molecular weight excluding hydrogens is 208 g/mol. The van der Waals surface area contributed by atoms with Crippen molar-refractivity contribution in [2.24, 2.45) is 5.73 Å². The Morgan fingerprint density at radius 2 is 2.18 bits per heavy atom. The molecule has 0 radical (unpaired) electrons. The molecule has 2 rings (SSSR count). The standard InChI is InChI=1S/C15H24N2/c1-3-13(8-10-16)17-11-9-12(2)14-6-4-5-7-15(14)17/h4-7,12-13H,3,8-11,16H2,1-2H3. The highest BCUT2D eigenvalue weighted by Gasteiger charge is 2.25. The maximum absolute atomic E-state index is 5.73. The highest BCUT2D eigenvalue weighted by molar-refractivity contribution is 5.57. The first kappa shape index (κ1) is 12.4. The normalized spacial score (nSPS) is 21.1. The van der Waals surface area contributed by atoms with Crippen molar-refractivity contribution in [2.75, 3.05) is 18.0 Å². The summed E-state index contributed by atoms with van der Waals surface area (Å²) < 4.78 is 0. The minimum absolute atomic E-state index is 0.605. The van der Waals surface area contributed by atoms with E-state index in [0.29, 0.717) is 12.0 Å². The van der Waals surface area contributed by atoms with Crippen molar-refractivity contribution >= 4 is 5.69 Å². The van der Waals surface area contributed by atoms with Gasteiger partial charge in [0.2, 0.25) is 0 Å². The van der Waals surface area contributed by atoms with Crippen LogP contribution in [0.25, 0.3) is 0 Å². The Kier molecular flexibility index (Phi) is 4.06. The highest BCUT2D eigenvalue weighted by atomic mass is 15.2. The number of hydrogen-bond acceptors (Lipinski definition) is 2. The molecule has 0 spiro atoms. The van der Waals surface area contributed by atoms with Crippen LogP contribution < -0.4 is 10.6 Å². The van der Waals surface area contributed by atoms with Gasteiger partial charge in [0.25, 0.3) is 0 Å². The molecule has 2 unspecified atom stereocenters. The zero-order valence-corrected chi connectivity index (χ0v) is 11.0. The second-order valence-electron chi connectivity index (χ2n) is 5.08. The third-order valence-electron chi connectivity index (χ3n) is 3.99. The van der Waals surface area contributed by atoms with Crippen LogP contribution in [0.3, 0.4) is 0 Å². The number of nitrogens with zero attached hydrogens (tertiary/aromatic N) is 1. The van der Waals surface area contributed by atoms with Gasteiger partial charge in [-0.15, -0.1) is 0 Å². The summed E-state index contributed by atoms with van der Waals surface area (Å²) in [4.78, 5) is 2.57. The Labute approximate surface area is 105 Å². The number of nitrogens with two attached hydrogens (primary N) is 1. The third kappa shape index (κ3) is 2.47. The summed E-state index contributed by atoms with van der Waals surface area (Å²) in [5.41, 5.74) is 8.68. The number of para-hydroxylation sites is 1. The molecule has 1 aliphatic rings. The van der Waals surface area contributed by atoms with E-state index >= 15 is 0 Å². The van der Waals surface area contributed by atoms with Gasteiger partial charge in [0.15, 0.2) is 0 Å². The van der Waals surface area contributed by atoms with Gasteiger partial charge in [-0.2, -0.15) is 0 Å². The Morgan fingerprint density at radius 3 is 2.88 bits per heavy atom. The van der Waals surface area contributed by atoms with Gasteiger partial charge in [0.05, 0.1) is 0 Å². The SMILES string of the molecule is CCC(CCN)N1CCC(C)c2ccccc21. The zero-order chi connectivity index (χ0) is 12.3. The van der Waals surface area contributed by atoms with E-state index in [0.717, 1.165) is 13.0 Å². The fraction of sp³-hybridized carbons (Fsp3) is 0.600. The lowest BCUT2D eigenvalue weighted by atomic mass is 9.90. The van der Waals surface area contributed by atoms with Crippen LogP contribution in [-0.2, 0) is 0 Å². The Bertz CT molecular complexity index is 362. The maximum Gasteiger partial charge on any atom is 0.0404 e. The summed E-state index contributed by atoms with van der Waals surface area (Å²) in [6.45, 7) is 6.56. The lowest BCUT2D eigenvalue weighted by Crippen LogP contribution is -2.40. The number of anilines is 1. The molecule has 0 amide bonds. The molecule has 2 heteroatoms. The van der Waals surface area contributed by atoms with Crippen molar-refractivity contribution in [3.8, 4) is 0 Å². The molecular formula is C15H24N2. The molecule has 1 aromatic carbocycles. The van der Waals surface area contributed by atoms with Gasteiger partial charge in [-0.25, -0.2) is 0 Å². The first-order valence-electron chi connectivity index (χ1n) is 6.83. The van der Waals surface area contributed by atoms with Crippen LogP contribution in [0.1, 0.15) is 44.6 Å². The number of benzene rings is 1. The highest BCUT2D eigenvalue weighted by Crippen LogP contribution is 2.36. The number of hydrogen-bond donors (Lipinski definition) is 1. The Morgan fingerprint density at radius 1 is 1.41 bits per heavy atom. The topological polar surface area (TPSA) is 29.3 Å². The van der Waals surface area contributed by atoms with E-state index in [1.165, 1.54) is 30.6 Å². The summed E-state index contributed by atoms with van der Waals surface area (Å²) in [5, 5.41) is 0. The molecule has 1 aliphatic heterocycles. The van der Waals surface area contributed by atoms with Crippen molar-refractivity contribution in [1.82, 2.24) is 0 Å². The molecule has 2 atom stereocenters. The van der Waals surface area contributed by atoms with Gasteiger partial charge >= 0.3 is 0 Å². The van der Waals surface area contributed by atoms with Crippen molar-refractivity contribution < 1.29 is 0 Å². The van der Waals surface area contributed by atoms with E-state index in [9.17, 15) is 0 Å². The van der Waals surface area contributed by atoms with Crippen LogP contribution in [0.2, 0.25) is 0 Å². The van der Waals surface area contributed by atoms with Crippen LogP contribution in [0.15, 0.2) is 24.3 Å². The summed E-state index contributed by atoms with van der Waals surface area (Å²) in [7, 11) is 0. The molecule has 0 bridgehead atoms. The average Bonchev–Trinajstić information content (AvgIpc) is 2.37. The van der Waals surface area contributed by atoms with Crippen molar-refractivity contribution in [2.45, 2.75) is 45.1 Å². The fourth-order valence-electron chi connectivity index (χ4n) is 2.93. The minimum atomic E-state index is 0.605. The van der Waals surface area contributed by atoms with Crippen LogP contribution in [-0.4, -0.2) is 19.1 Å². The minimum Gasteiger partial charge on any atom is -0.368 e. The van der Waals surface area contributed by atoms with Gasteiger partial charge in [-0.05, 0) is 43.4 Å². The molecule has 94 valence electrons. The molecule has 17 heavy (non-hydrogen) atoms. The first-order valence-corrected chi connectivity index (χ1v) is 6.83. The first-order chi connectivity index (χ1) is 8.27. The molecule has 0 aliphatic carbocycles. The van der Waals surface area contributed by atoms with E-state index in [4.69, 9.17) is 5.73 Å². The van der Waals surface area contributed by atoms with E-state index in [2.05, 4.69) is 43.0 Å². The van der Waals surface area contributed by atoms with Crippen molar-refractivity contribution in [1.29, 1.82) is 0 Å². The van der Waals surface area contributed by atoms with Crippen LogP contribution >= 0.6 is 0 Å². The van der Waals surface area contributed by atoms with Gasteiger partial charge in [-0.1, -0.05) is 32.0 Å². The lowest BCUT2D eigenvalue weighted by Gasteiger charge is -2.39. The summed E-state index contributed by atoms with van der Waals surface area (Å²) >= 11 is 0. The second-order valence-corrected chi connectivity index (χ2v) is 5.08.